The molecule has 3 atom stereocenters. The highest BCUT2D eigenvalue weighted by atomic mass is 16.5. The van der Waals surface area contributed by atoms with Crippen molar-refractivity contribution >= 4 is 23.5 Å². The highest BCUT2D eigenvalue weighted by molar-refractivity contribution is 6.00. The van der Waals surface area contributed by atoms with Gasteiger partial charge in [-0.3, -0.25) is 14.4 Å². The van der Waals surface area contributed by atoms with Crippen LogP contribution in [-0.2, 0) is 27.9 Å². The lowest BCUT2D eigenvalue weighted by Gasteiger charge is -2.47. The molecule has 2 heterocycles. The lowest BCUT2D eigenvalue weighted by atomic mass is 9.59. The molecule has 2 N–H and O–H groups in total. The number of rotatable bonds is 10. The minimum Gasteiger partial charge on any atom is -0.466 e. The molecule has 2 fully saturated rings. The minimum atomic E-state index is -0.949. The van der Waals surface area contributed by atoms with Gasteiger partial charge in [-0.1, -0.05) is 19.9 Å². The van der Waals surface area contributed by atoms with Crippen LogP contribution in [-0.4, -0.2) is 45.1 Å². The molecule has 10 heteroatoms. The zero-order chi connectivity index (χ0) is 28.9. The fraction of sp³-hybridized carbons (Fsp3) is 0.567. The Morgan fingerprint density at radius 3 is 2.60 bits per heavy atom. The van der Waals surface area contributed by atoms with Gasteiger partial charge in [0.25, 0.3) is 11.5 Å². The highest BCUT2D eigenvalue weighted by Crippen LogP contribution is 2.50. The number of carbonyl (C=O) groups excluding carboxylic acids is 3. The summed E-state index contributed by atoms with van der Waals surface area (Å²) in [7, 11) is 2.97. The van der Waals surface area contributed by atoms with E-state index < -0.39 is 23.8 Å². The second-order valence-corrected chi connectivity index (χ2v) is 12.0. The number of esters is 1. The third-order valence-electron chi connectivity index (χ3n) is 8.28. The first-order valence-electron chi connectivity index (χ1n) is 14.1. The number of hydrogen-bond donors (Lipinski definition) is 2. The molecule has 2 amide bonds. The molecule has 2 aliphatic rings. The third kappa shape index (κ3) is 7.28. The van der Waals surface area contributed by atoms with Crippen molar-refractivity contribution in [1.82, 2.24) is 19.4 Å². The number of nitrogens with one attached hydrogen (secondary N) is 2. The quantitative estimate of drug-likeness (QED) is 0.343. The summed E-state index contributed by atoms with van der Waals surface area (Å²) in [5, 5.41) is 5.49. The second-order valence-electron chi connectivity index (χ2n) is 12.0. The van der Waals surface area contributed by atoms with Gasteiger partial charge in [0.1, 0.15) is 17.4 Å². The monoisotopic (exact) mass is 551 g/mol. The molecule has 0 aromatic carbocycles. The number of fused-ring (bicyclic) bond motifs is 2. The maximum atomic E-state index is 13.5. The van der Waals surface area contributed by atoms with Crippen molar-refractivity contribution in [2.24, 2.45) is 30.2 Å². The van der Waals surface area contributed by atoms with Crippen LogP contribution in [0.5, 0.6) is 0 Å². The number of pyridine rings is 1. The van der Waals surface area contributed by atoms with E-state index in [9.17, 15) is 19.2 Å². The number of anilines is 1. The van der Waals surface area contributed by atoms with Gasteiger partial charge in [0.15, 0.2) is 0 Å². The average molecular weight is 552 g/mol. The molecular weight excluding hydrogens is 510 g/mol. The van der Waals surface area contributed by atoms with Gasteiger partial charge in [-0.2, -0.15) is 0 Å². The molecule has 4 rings (SSSR count). The fourth-order valence-electron chi connectivity index (χ4n) is 6.81. The number of ether oxygens (including phenoxy) is 1. The Hall–Kier alpha value is -3.69. The normalized spacial score (nSPS) is 24.9. The maximum Gasteiger partial charge on any atom is 0.330 e. The van der Waals surface area contributed by atoms with Crippen LogP contribution in [0.1, 0.15) is 69.3 Å². The van der Waals surface area contributed by atoms with Crippen molar-refractivity contribution in [2.75, 3.05) is 12.4 Å². The van der Waals surface area contributed by atoms with Crippen molar-refractivity contribution in [3.05, 3.63) is 59.1 Å². The van der Waals surface area contributed by atoms with Gasteiger partial charge < -0.3 is 24.5 Å². The van der Waals surface area contributed by atoms with E-state index >= 15 is 0 Å². The molecule has 0 saturated heterocycles. The standard InChI is InChI=1S/C30H41N5O5/c1-20-12-21-14-22(13-20)16-30(2,15-21)18-35-11-7-9-24(29(35)39)33-27(37)23(8-5-6-10-26(36)40-4)32-28(38)25-17-31-19-34(25)3/h6-7,9-11,17,19-23H,5,8,12-16,18H2,1-4H3,(H,32,38)(H,33,37)/b10-6+/t20?,21?,22?,23-,30?/m0/s1. The van der Waals surface area contributed by atoms with Crippen LogP contribution in [0.4, 0.5) is 5.69 Å². The first kappa shape index (κ1) is 29.3. The van der Waals surface area contributed by atoms with E-state index in [1.54, 1.807) is 40.6 Å². The van der Waals surface area contributed by atoms with Gasteiger partial charge in [0.05, 0.1) is 19.6 Å². The molecule has 0 aliphatic heterocycles. The molecule has 0 radical (unpaired) electrons. The predicted molar refractivity (Wildman–Crippen MR) is 152 cm³/mol. The molecule has 2 saturated carbocycles. The molecule has 0 spiro atoms. The van der Waals surface area contributed by atoms with Crippen molar-refractivity contribution in [3.63, 3.8) is 0 Å². The summed E-state index contributed by atoms with van der Waals surface area (Å²) in [5.41, 5.74) is 0.241. The molecule has 40 heavy (non-hydrogen) atoms. The van der Waals surface area contributed by atoms with Crippen LogP contribution in [0.2, 0.25) is 0 Å². The third-order valence-corrected chi connectivity index (χ3v) is 8.28. The number of carbonyl (C=O) groups is 3. The zero-order valence-electron chi connectivity index (χ0n) is 23.9. The molecule has 216 valence electrons. The Bertz CT molecular complexity index is 1290. The van der Waals surface area contributed by atoms with Crippen LogP contribution in [0, 0.1) is 23.2 Å². The Morgan fingerprint density at radius 2 is 1.95 bits per heavy atom. The summed E-state index contributed by atoms with van der Waals surface area (Å²) in [5.74, 6) is 0.717. The number of methoxy groups -OCH3 is 1. The van der Waals surface area contributed by atoms with Crippen LogP contribution < -0.4 is 16.2 Å². The van der Waals surface area contributed by atoms with Gasteiger partial charge >= 0.3 is 5.97 Å². The number of allylic oxidation sites excluding steroid dienone is 1. The second kappa shape index (κ2) is 12.7. The van der Waals surface area contributed by atoms with E-state index in [1.165, 1.54) is 45.0 Å². The van der Waals surface area contributed by atoms with Crippen LogP contribution in [0.15, 0.2) is 47.8 Å². The largest absolute Gasteiger partial charge is 0.466 e. The number of hydrogen-bond acceptors (Lipinski definition) is 6. The van der Waals surface area contributed by atoms with Gasteiger partial charge in [0.2, 0.25) is 5.91 Å². The van der Waals surface area contributed by atoms with Crippen LogP contribution in [0.3, 0.4) is 0 Å². The van der Waals surface area contributed by atoms with Gasteiger partial charge in [-0.25, -0.2) is 9.78 Å². The van der Waals surface area contributed by atoms with E-state index in [-0.39, 0.29) is 23.1 Å². The summed E-state index contributed by atoms with van der Waals surface area (Å²) in [6, 6.07) is 2.41. The van der Waals surface area contributed by atoms with Crippen LogP contribution >= 0.6 is 0 Å². The topological polar surface area (TPSA) is 124 Å². The molecule has 2 bridgehead atoms. The van der Waals surface area contributed by atoms with E-state index in [2.05, 4.69) is 34.2 Å². The summed E-state index contributed by atoms with van der Waals surface area (Å²) < 4.78 is 7.86. The SMILES string of the molecule is COC(=O)/C=C/CC[C@H](NC(=O)c1cncn1C)C(=O)Nc1cccn(CC2(C)CC3CC(C)CC(C3)C2)c1=O. The molecule has 2 aromatic heterocycles. The number of aryl methyl sites for hydroxylation is 1. The maximum absolute atomic E-state index is 13.5. The Labute approximate surface area is 235 Å². The van der Waals surface area contributed by atoms with Crippen molar-refractivity contribution in [2.45, 2.75) is 71.4 Å². The molecule has 2 aliphatic carbocycles. The average Bonchev–Trinajstić information content (AvgIpc) is 3.32. The lowest BCUT2D eigenvalue weighted by Crippen LogP contribution is -2.45. The lowest BCUT2D eigenvalue weighted by molar-refractivity contribution is -0.134. The number of amides is 2. The van der Waals surface area contributed by atoms with E-state index in [1.807, 2.05) is 0 Å². The number of imidazole rings is 1. The highest BCUT2D eigenvalue weighted by Gasteiger charge is 2.41. The Kier molecular flexibility index (Phi) is 9.27. The van der Waals surface area contributed by atoms with E-state index in [4.69, 9.17) is 0 Å². The Balaban J connectivity index is 1.47. The first-order valence-corrected chi connectivity index (χ1v) is 14.1. The summed E-state index contributed by atoms with van der Waals surface area (Å²) in [4.78, 5) is 55.0. The van der Waals surface area contributed by atoms with Gasteiger partial charge in [-0.15, -0.1) is 0 Å². The van der Waals surface area contributed by atoms with Gasteiger partial charge in [0, 0.05) is 25.9 Å². The molecule has 2 unspecified atom stereocenters. The van der Waals surface area contributed by atoms with Crippen molar-refractivity contribution in [1.29, 1.82) is 0 Å². The summed E-state index contributed by atoms with van der Waals surface area (Å²) >= 11 is 0. The molecular formula is C30H41N5O5. The fourth-order valence-corrected chi connectivity index (χ4v) is 6.81. The van der Waals surface area contributed by atoms with Crippen LogP contribution in [0.25, 0.3) is 0 Å². The summed E-state index contributed by atoms with van der Waals surface area (Å²) in [6.45, 7) is 5.24. The number of aromatic nitrogens is 3. The van der Waals surface area contributed by atoms with Gasteiger partial charge in [-0.05, 0) is 80.2 Å². The van der Waals surface area contributed by atoms with Crippen molar-refractivity contribution < 1.29 is 19.1 Å². The molecule has 10 nitrogen and oxygen atoms in total. The molecule has 2 aromatic rings. The first-order chi connectivity index (χ1) is 19.1. The van der Waals surface area contributed by atoms with E-state index in [0.717, 1.165) is 18.8 Å². The smallest absolute Gasteiger partial charge is 0.330 e. The minimum absolute atomic E-state index is 0.0335. The summed E-state index contributed by atoms with van der Waals surface area (Å²) in [6.07, 6.45) is 14.1. The predicted octanol–water partition coefficient (Wildman–Crippen LogP) is 3.68. The van der Waals surface area contributed by atoms with E-state index in [0.29, 0.717) is 30.5 Å². The Morgan fingerprint density at radius 1 is 1.23 bits per heavy atom. The number of nitrogens with zero attached hydrogens (tertiary/aromatic N) is 3. The van der Waals surface area contributed by atoms with Crippen molar-refractivity contribution in [3.8, 4) is 0 Å². The zero-order valence-corrected chi connectivity index (χ0v) is 23.9.